The van der Waals surface area contributed by atoms with E-state index in [0.29, 0.717) is 31.9 Å². The monoisotopic (exact) mass is 391 g/mol. The van der Waals surface area contributed by atoms with Crippen molar-refractivity contribution in [1.29, 1.82) is 0 Å². The van der Waals surface area contributed by atoms with Gasteiger partial charge in [-0.1, -0.05) is 0 Å². The average Bonchev–Trinajstić information content (AvgIpc) is 2.68. The number of sulfone groups is 1. The van der Waals surface area contributed by atoms with Crippen molar-refractivity contribution in [3.63, 3.8) is 0 Å². The summed E-state index contributed by atoms with van der Waals surface area (Å²) in [7, 11) is -2.98. The van der Waals surface area contributed by atoms with Gasteiger partial charge in [0.2, 0.25) is 5.88 Å². The molecule has 146 valence electrons. The second-order valence-corrected chi connectivity index (χ2v) is 9.63. The van der Waals surface area contributed by atoms with Gasteiger partial charge in [0.15, 0.2) is 0 Å². The molecule has 0 unspecified atom stereocenters. The molecule has 0 spiro atoms. The Balaban J connectivity index is 1.57. The van der Waals surface area contributed by atoms with Gasteiger partial charge in [0.25, 0.3) is 0 Å². The number of nitrogens with zero attached hydrogens (tertiary/aromatic N) is 3. The van der Waals surface area contributed by atoms with Crippen LogP contribution in [0.3, 0.4) is 0 Å². The number of fused-ring (bicyclic) bond motifs is 1. The number of pyridine rings is 2. The first-order valence-electron chi connectivity index (χ1n) is 9.45. The van der Waals surface area contributed by atoms with Crippen molar-refractivity contribution < 1.29 is 17.9 Å². The summed E-state index contributed by atoms with van der Waals surface area (Å²) in [6, 6.07) is 5.84. The lowest BCUT2D eigenvalue weighted by Gasteiger charge is -2.30. The quantitative estimate of drug-likeness (QED) is 0.790. The lowest BCUT2D eigenvalue weighted by Crippen LogP contribution is -2.37. The van der Waals surface area contributed by atoms with Crippen LogP contribution in [0.2, 0.25) is 0 Å². The highest BCUT2D eigenvalue weighted by atomic mass is 32.2. The predicted octanol–water partition coefficient (Wildman–Crippen LogP) is 2.20. The first kappa shape index (κ1) is 18.4. The molecule has 2 fully saturated rings. The summed E-state index contributed by atoms with van der Waals surface area (Å²) >= 11 is 0. The molecule has 1 saturated heterocycles. The van der Waals surface area contributed by atoms with E-state index in [4.69, 9.17) is 14.5 Å². The van der Waals surface area contributed by atoms with Crippen molar-refractivity contribution in [2.45, 2.75) is 37.0 Å². The molecule has 0 aromatic carbocycles. The average molecular weight is 391 g/mol. The van der Waals surface area contributed by atoms with Crippen LogP contribution in [-0.2, 0) is 14.6 Å². The first-order chi connectivity index (χ1) is 13.0. The maximum absolute atomic E-state index is 11.8. The van der Waals surface area contributed by atoms with Gasteiger partial charge in [0.1, 0.15) is 21.8 Å². The van der Waals surface area contributed by atoms with Crippen LogP contribution in [-0.4, -0.2) is 62.3 Å². The summed E-state index contributed by atoms with van der Waals surface area (Å²) in [6.45, 7) is 2.97. The molecule has 0 amide bonds. The maximum Gasteiger partial charge on any atom is 0.225 e. The molecule has 1 aliphatic heterocycles. The van der Waals surface area contributed by atoms with Crippen LogP contribution < -0.4 is 9.64 Å². The topological polar surface area (TPSA) is 81.6 Å². The molecule has 8 heteroatoms. The summed E-state index contributed by atoms with van der Waals surface area (Å²) in [5.41, 5.74) is 0.855. The Bertz CT molecular complexity index is 904. The highest BCUT2D eigenvalue weighted by Crippen LogP contribution is 2.32. The molecule has 2 aromatic heterocycles. The van der Waals surface area contributed by atoms with Gasteiger partial charge in [-0.2, -0.15) is 4.98 Å². The van der Waals surface area contributed by atoms with Crippen molar-refractivity contribution in [3.8, 4) is 5.88 Å². The summed E-state index contributed by atoms with van der Waals surface area (Å²) in [6.07, 6.45) is 5.81. The van der Waals surface area contributed by atoms with Gasteiger partial charge in [-0.15, -0.1) is 0 Å². The molecule has 0 atom stereocenters. The third-order valence-corrected chi connectivity index (χ3v) is 7.07. The van der Waals surface area contributed by atoms with E-state index in [-0.39, 0.29) is 11.4 Å². The number of anilines is 1. The minimum atomic E-state index is -2.98. The van der Waals surface area contributed by atoms with Crippen molar-refractivity contribution in [1.82, 2.24) is 9.97 Å². The molecule has 1 saturated carbocycles. The van der Waals surface area contributed by atoms with E-state index >= 15 is 0 Å². The fraction of sp³-hybridized carbons (Fsp3) is 0.579. The minimum Gasteiger partial charge on any atom is -0.474 e. The molecule has 7 nitrogen and oxygen atoms in total. The Morgan fingerprint density at radius 2 is 1.93 bits per heavy atom. The molecule has 0 bridgehead atoms. The van der Waals surface area contributed by atoms with Gasteiger partial charge in [-0.25, -0.2) is 8.42 Å². The Morgan fingerprint density at radius 1 is 1.19 bits per heavy atom. The van der Waals surface area contributed by atoms with E-state index in [1.54, 1.807) is 6.20 Å². The van der Waals surface area contributed by atoms with Crippen LogP contribution in [0.1, 0.15) is 25.7 Å². The predicted molar refractivity (Wildman–Crippen MR) is 104 cm³/mol. The number of aromatic nitrogens is 2. The third kappa shape index (κ3) is 4.16. The van der Waals surface area contributed by atoms with E-state index in [1.807, 2.05) is 18.2 Å². The van der Waals surface area contributed by atoms with E-state index in [0.717, 1.165) is 42.7 Å². The number of hydrogen-bond donors (Lipinski definition) is 0. The second kappa shape index (κ2) is 7.59. The Kier molecular flexibility index (Phi) is 5.19. The lowest BCUT2D eigenvalue weighted by molar-refractivity contribution is 0.122. The number of ether oxygens (including phenoxy) is 2. The summed E-state index contributed by atoms with van der Waals surface area (Å²) in [4.78, 5) is 11.4. The zero-order valence-electron chi connectivity index (χ0n) is 15.5. The molecule has 0 radical (unpaired) electrons. The van der Waals surface area contributed by atoms with Crippen LogP contribution in [0, 0.1) is 0 Å². The van der Waals surface area contributed by atoms with Gasteiger partial charge in [-0.05, 0) is 37.8 Å². The standard InChI is InChI=1S/C19H25N3O4S/c1-27(23,24)15-6-4-14(5-7-15)26-19-16-3-2-8-20-17(16)13-18(21-19)22-9-11-25-12-10-22/h2-3,8,13-15H,4-7,9-12H2,1H3. The van der Waals surface area contributed by atoms with Crippen LogP contribution in [0.5, 0.6) is 5.88 Å². The molecule has 3 heterocycles. The third-order valence-electron chi connectivity index (χ3n) is 5.39. The second-order valence-electron chi connectivity index (χ2n) is 7.30. The largest absolute Gasteiger partial charge is 0.474 e. The zero-order valence-corrected chi connectivity index (χ0v) is 16.3. The van der Waals surface area contributed by atoms with E-state index in [1.165, 1.54) is 6.26 Å². The van der Waals surface area contributed by atoms with Crippen molar-refractivity contribution >= 4 is 26.6 Å². The normalized spacial score (nSPS) is 24.1. The SMILES string of the molecule is CS(=O)(=O)C1CCC(Oc2nc(N3CCOCC3)cc3ncccc23)CC1. The number of hydrogen-bond acceptors (Lipinski definition) is 7. The molecule has 27 heavy (non-hydrogen) atoms. The van der Waals surface area contributed by atoms with Crippen LogP contribution >= 0.6 is 0 Å². The maximum atomic E-state index is 11.8. The van der Waals surface area contributed by atoms with E-state index in [9.17, 15) is 8.42 Å². The highest BCUT2D eigenvalue weighted by Gasteiger charge is 2.29. The van der Waals surface area contributed by atoms with E-state index in [2.05, 4.69) is 9.88 Å². The molecular weight excluding hydrogens is 366 g/mol. The highest BCUT2D eigenvalue weighted by molar-refractivity contribution is 7.91. The van der Waals surface area contributed by atoms with Crippen molar-refractivity contribution in [2.24, 2.45) is 0 Å². The van der Waals surface area contributed by atoms with Crippen molar-refractivity contribution in [2.75, 3.05) is 37.5 Å². The minimum absolute atomic E-state index is 0.0150. The van der Waals surface area contributed by atoms with E-state index < -0.39 is 9.84 Å². The van der Waals surface area contributed by atoms with Gasteiger partial charge in [0.05, 0.1) is 29.4 Å². The molecule has 0 N–H and O–H groups in total. The number of morpholine rings is 1. The molecule has 2 aromatic rings. The van der Waals surface area contributed by atoms with Gasteiger partial charge in [0, 0.05) is 31.6 Å². The summed E-state index contributed by atoms with van der Waals surface area (Å²) in [5.74, 6) is 1.44. The van der Waals surface area contributed by atoms with Crippen LogP contribution in [0.4, 0.5) is 5.82 Å². The van der Waals surface area contributed by atoms with Crippen molar-refractivity contribution in [3.05, 3.63) is 24.4 Å². The first-order valence-corrected chi connectivity index (χ1v) is 11.4. The zero-order chi connectivity index (χ0) is 18.9. The lowest BCUT2D eigenvalue weighted by atomic mass is 9.97. The Labute approximate surface area is 159 Å². The Morgan fingerprint density at radius 3 is 2.63 bits per heavy atom. The molecule has 2 aliphatic rings. The smallest absolute Gasteiger partial charge is 0.225 e. The molecule has 1 aliphatic carbocycles. The summed E-state index contributed by atoms with van der Waals surface area (Å²) < 4.78 is 35.2. The Hall–Kier alpha value is -1.93. The fourth-order valence-corrected chi connectivity index (χ4v) is 4.94. The van der Waals surface area contributed by atoms with Crippen LogP contribution in [0.15, 0.2) is 24.4 Å². The fourth-order valence-electron chi connectivity index (χ4n) is 3.81. The van der Waals surface area contributed by atoms with Gasteiger partial charge < -0.3 is 14.4 Å². The van der Waals surface area contributed by atoms with Gasteiger partial charge in [-0.3, -0.25) is 4.98 Å². The van der Waals surface area contributed by atoms with Gasteiger partial charge >= 0.3 is 0 Å². The number of rotatable bonds is 4. The molecular formula is C19H25N3O4S. The van der Waals surface area contributed by atoms with Crippen LogP contribution in [0.25, 0.3) is 10.9 Å². The molecule has 4 rings (SSSR count). The summed E-state index contributed by atoms with van der Waals surface area (Å²) in [5, 5.41) is 0.642.